The average Bonchev–Trinajstić information content (AvgIpc) is 2.46. The number of carbonyl (C=O) groups is 2. The Labute approximate surface area is 90.1 Å². The van der Waals surface area contributed by atoms with Crippen LogP contribution in [0, 0.1) is 0 Å². The minimum absolute atomic E-state index is 0.0469. The van der Waals surface area contributed by atoms with Gasteiger partial charge in [-0.3, -0.25) is 0 Å². The Kier molecular flexibility index (Phi) is 3.05. The first kappa shape index (κ1) is 11.2. The molecule has 6 nitrogen and oxygen atoms in total. The van der Waals surface area contributed by atoms with Crippen LogP contribution in [0.1, 0.15) is 10.5 Å². The molecule has 0 aromatic carbocycles. The number of aliphatic carboxylic acids is 1. The summed E-state index contributed by atoms with van der Waals surface area (Å²) in [6.07, 6.45) is 1.44. The van der Waals surface area contributed by atoms with Crippen molar-refractivity contribution in [3.8, 4) is 0 Å². The lowest BCUT2D eigenvalue weighted by Crippen LogP contribution is -2.19. The van der Waals surface area contributed by atoms with E-state index in [1.807, 2.05) is 0 Å². The second-order valence-corrected chi connectivity index (χ2v) is 3.20. The Balaban J connectivity index is 2.89. The fourth-order valence-corrected chi connectivity index (χ4v) is 1.15. The fourth-order valence-electron chi connectivity index (χ4n) is 1.03. The molecule has 15 heavy (non-hydrogen) atoms. The molecule has 80 valence electrons. The molecule has 0 saturated heterocycles. The molecule has 1 heterocycles. The zero-order valence-electron chi connectivity index (χ0n) is 7.72. The number of anilines is 1. The van der Waals surface area contributed by atoms with E-state index in [1.165, 1.54) is 16.8 Å². The lowest BCUT2D eigenvalue weighted by atomic mass is 10.4. The molecule has 0 aliphatic rings. The smallest absolute Gasteiger partial charge is 0.363 e. The van der Waals surface area contributed by atoms with E-state index in [4.69, 9.17) is 10.2 Å². The van der Waals surface area contributed by atoms with E-state index in [9.17, 15) is 9.59 Å². The SMILES string of the molecule is Cn1cc(NC(=S)C(=O)O)cc1C(=O)O. The van der Waals surface area contributed by atoms with E-state index in [1.54, 1.807) is 7.05 Å². The largest absolute Gasteiger partial charge is 0.477 e. The van der Waals surface area contributed by atoms with Gasteiger partial charge in [-0.25, -0.2) is 9.59 Å². The van der Waals surface area contributed by atoms with Gasteiger partial charge in [0.05, 0.1) is 5.69 Å². The van der Waals surface area contributed by atoms with Crippen LogP contribution in [0.25, 0.3) is 0 Å². The van der Waals surface area contributed by atoms with Gasteiger partial charge in [0.2, 0.25) is 0 Å². The molecule has 0 fully saturated rings. The molecule has 0 unspecified atom stereocenters. The third-order valence-corrected chi connectivity index (χ3v) is 1.95. The first-order chi connectivity index (χ1) is 6.91. The lowest BCUT2D eigenvalue weighted by molar-refractivity contribution is -0.129. The van der Waals surface area contributed by atoms with Gasteiger partial charge >= 0.3 is 11.9 Å². The molecule has 0 aliphatic carbocycles. The van der Waals surface area contributed by atoms with Gasteiger partial charge in [0.25, 0.3) is 0 Å². The highest BCUT2D eigenvalue weighted by Crippen LogP contribution is 2.12. The maximum atomic E-state index is 10.7. The van der Waals surface area contributed by atoms with Crippen LogP contribution >= 0.6 is 12.2 Å². The molecule has 0 aliphatic heterocycles. The van der Waals surface area contributed by atoms with Gasteiger partial charge < -0.3 is 20.1 Å². The maximum absolute atomic E-state index is 10.7. The van der Waals surface area contributed by atoms with Crippen LogP contribution in [0.5, 0.6) is 0 Å². The van der Waals surface area contributed by atoms with Crippen LogP contribution < -0.4 is 5.32 Å². The van der Waals surface area contributed by atoms with Crippen molar-refractivity contribution in [2.75, 3.05) is 5.32 Å². The highest BCUT2D eigenvalue weighted by atomic mass is 32.1. The first-order valence-corrected chi connectivity index (χ1v) is 4.26. The third kappa shape index (κ3) is 2.53. The van der Waals surface area contributed by atoms with Crippen molar-refractivity contribution in [1.29, 1.82) is 0 Å². The predicted molar refractivity (Wildman–Crippen MR) is 56.2 cm³/mol. The highest BCUT2D eigenvalue weighted by molar-refractivity contribution is 7.82. The Morgan fingerprint density at radius 3 is 2.47 bits per heavy atom. The van der Waals surface area contributed by atoms with Gasteiger partial charge in [0, 0.05) is 13.2 Å². The average molecular weight is 228 g/mol. The number of rotatable bonds is 2. The third-order valence-electron chi connectivity index (χ3n) is 1.68. The molecule has 3 N–H and O–H groups in total. The van der Waals surface area contributed by atoms with E-state index < -0.39 is 11.9 Å². The zero-order valence-corrected chi connectivity index (χ0v) is 8.54. The molecule has 1 aromatic heterocycles. The zero-order chi connectivity index (χ0) is 11.6. The van der Waals surface area contributed by atoms with E-state index in [0.717, 1.165) is 0 Å². The molecule has 0 amide bonds. The lowest BCUT2D eigenvalue weighted by Gasteiger charge is -1.98. The summed E-state index contributed by atoms with van der Waals surface area (Å²) in [5.74, 6) is -2.35. The Morgan fingerprint density at radius 2 is 2.07 bits per heavy atom. The van der Waals surface area contributed by atoms with Crippen LogP contribution in [0.15, 0.2) is 12.3 Å². The number of aryl methyl sites for hydroxylation is 1. The van der Waals surface area contributed by atoms with Gasteiger partial charge in [0.1, 0.15) is 5.69 Å². The maximum Gasteiger partial charge on any atom is 0.363 e. The molecule has 0 saturated carbocycles. The van der Waals surface area contributed by atoms with Crippen LogP contribution in [-0.4, -0.2) is 31.7 Å². The highest BCUT2D eigenvalue weighted by Gasteiger charge is 2.12. The standard InChI is InChI=1S/C8H8N2O4S/c1-10-3-4(2-5(10)7(11)12)9-6(15)8(13)14/h2-3H,1H3,(H,9,15)(H,11,12)(H,13,14). The van der Waals surface area contributed by atoms with Crippen molar-refractivity contribution in [3.05, 3.63) is 18.0 Å². The predicted octanol–water partition coefficient (Wildman–Crippen LogP) is 0.547. The summed E-state index contributed by atoms with van der Waals surface area (Å²) in [5.41, 5.74) is 0.382. The first-order valence-electron chi connectivity index (χ1n) is 3.85. The van der Waals surface area contributed by atoms with Crippen molar-refractivity contribution in [1.82, 2.24) is 4.57 Å². The molecular formula is C8H8N2O4S. The molecule has 0 radical (unpaired) electrons. The van der Waals surface area contributed by atoms with E-state index in [-0.39, 0.29) is 10.7 Å². The fraction of sp³-hybridized carbons (Fsp3) is 0.125. The van der Waals surface area contributed by atoms with Crippen molar-refractivity contribution in [2.45, 2.75) is 0 Å². The molecule has 1 aromatic rings. The van der Waals surface area contributed by atoms with Crippen molar-refractivity contribution >= 4 is 34.8 Å². The second-order valence-electron chi connectivity index (χ2n) is 2.79. The van der Waals surface area contributed by atoms with E-state index >= 15 is 0 Å². The Hall–Kier alpha value is -1.89. The van der Waals surface area contributed by atoms with Crippen LogP contribution in [0.3, 0.4) is 0 Å². The number of carboxylic acid groups (broad SMARTS) is 2. The summed E-state index contributed by atoms with van der Waals surface area (Å²) in [6.45, 7) is 0. The van der Waals surface area contributed by atoms with Crippen LogP contribution in [-0.2, 0) is 11.8 Å². The topological polar surface area (TPSA) is 91.6 Å². The monoisotopic (exact) mass is 228 g/mol. The van der Waals surface area contributed by atoms with Crippen molar-refractivity contribution in [2.24, 2.45) is 7.05 Å². The van der Waals surface area contributed by atoms with Gasteiger partial charge in [-0.15, -0.1) is 0 Å². The van der Waals surface area contributed by atoms with E-state index in [0.29, 0.717) is 5.69 Å². The molecule has 0 spiro atoms. The molecule has 0 atom stereocenters. The Bertz CT molecular complexity index is 438. The molecule has 1 rings (SSSR count). The number of nitrogens with one attached hydrogen (secondary N) is 1. The summed E-state index contributed by atoms with van der Waals surface area (Å²) >= 11 is 4.51. The molecular weight excluding hydrogens is 220 g/mol. The molecule has 7 heteroatoms. The number of aromatic carboxylic acids is 1. The minimum Gasteiger partial charge on any atom is -0.477 e. The van der Waals surface area contributed by atoms with Gasteiger partial charge in [-0.2, -0.15) is 0 Å². The number of aromatic nitrogens is 1. The van der Waals surface area contributed by atoms with Crippen molar-refractivity contribution < 1.29 is 19.8 Å². The van der Waals surface area contributed by atoms with Gasteiger partial charge in [-0.05, 0) is 6.07 Å². The van der Waals surface area contributed by atoms with E-state index in [2.05, 4.69) is 17.5 Å². The number of hydrogen-bond donors (Lipinski definition) is 3. The van der Waals surface area contributed by atoms with Crippen molar-refractivity contribution in [3.63, 3.8) is 0 Å². The number of hydrogen-bond acceptors (Lipinski definition) is 3. The second kappa shape index (κ2) is 4.09. The summed E-state index contributed by atoms with van der Waals surface area (Å²) in [4.78, 5) is 20.7. The Morgan fingerprint density at radius 1 is 1.47 bits per heavy atom. The molecule has 0 bridgehead atoms. The number of thiocarbonyl (C=S) groups is 1. The van der Waals surface area contributed by atoms with Gasteiger partial charge in [-0.1, -0.05) is 12.2 Å². The summed E-state index contributed by atoms with van der Waals surface area (Å²) < 4.78 is 1.36. The number of carboxylic acids is 2. The van der Waals surface area contributed by atoms with Crippen LogP contribution in [0.4, 0.5) is 5.69 Å². The summed E-state index contributed by atoms with van der Waals surface area (Å²) in [5, 5.41) is 19.6. The van der Waals surface area contributed by atoms with Gasteiger partial charge in [0.15, 0.2) is 4.99 Å². The normalized spacial score (nSPS) is 9.67. The number of nitrogens with zero attached hydrogens (tertiary/aromatic N) is 1. The summed E-state index contributed by atoms with van der Waals surface area (Å²) in [7, 11) is 1.54. The van der Waals surface area contributed by atoms with Crippen LogP contribution in [0.2, 0.25) is 0 Å². The minimum atomic E-state index is -1.26. The quantitative estimate of drug-likeness (QED) is 0.640. The summed E-state index contributed by atoms with van der Waals surface area (Å²) in [6, 6.07) is 1.30.